The van der Waals surface area contributed by atoms with Crippen LogP contribution in [0.2, 0.25) is 0 Å². The Labute approximate surface area is 145 Å². The zero-order valence-corrected chi connectivity index (χ0v) is 14.8. The van der Waals surface area contributed by atoms with Gasteiger partial charge in [0.25, 0.3) is 0 Å². The summed E-state index contributed by atoms with van der Waals surface area (Å²) in [5.41, 5.74) is 0.993. The summed E-state index contributed by atoms with van der Waals surface area (Å²) in [6.07, 6.45) is 5.68. The van der Waals surface area contributed by atoms with Crippen molar-refractivity contribution in [2.45, 2.75) is 44.6 Å². The molecular formula is C20H22FNOS. The first-order valence-electron chi connectivity index (χ1n) is 9.05. The van der Waals surface area contributed by atoms with Gasteiger partial charge in [0.15, 0.2) is 5.78 Å². The number of ketones is 1. The average molecular weight is 343 g/mol. The van der Waals surface area contributed by atoms with Gasteiger partial charge in [0, 0.05) is 12.0 Å². The number of rotatable bonds is 3. The number of thiophene rings is 1. The predicted molar refractivity (Wildman–Crippen MR) is 95.2 cm³/mol. The fraction of sp³-hybridized carbons (Fsp3) is 0.550. The molecule has 1 aliphatic carbocycles. The van der Waals surface area contributed by atoms with E-state index >= 15 is 0 Å². The van der Waals surface area contributed by atoms with E-state index in [-0.39, 0.29) is 11.6 Å². The summed E-state index contributed by atoms with van der Waals surface area (Å²) < 4.78 is 14.9. The van der Waals surface area contributed by atoms with Crippen LogP contribution in [0.25, 0.3) is 10.1 Å². The number of hydrogen-bond acceptors (Lipinski definition) is 3. The number of carbonyl (C=O) groups excluding carboxylic acids is 1. The molecule has 0 N–H and O–H groups in total. The maximum atomic E-state index is 14.3. The zero-order valence-electron chi connectivity index (χ0n) is 14.0. The predicted octanol–water partition coefficient (Wildman–Crippen LogP) is 4.80. The van der Waals surface area contributed by atoms with Gasteiger partial charge in [-0.2, -0.15) is 0 Å². The Morgan fingerprint density at radius 3 is 2.79 bits per heavy atom. The van der Waals surface area contributed by atoms with E-state index in [9.17, 15) is 9.18 Å². The first kappa shape index (κ1) is 15.0. The Bertz CT molecular complexity index is 830. The number of nitrogens with zero attached hydrogens (tertiary/aromatic N) is 1. The molecule has 1 aromatic carbocycles. The second kappa shape index (κ2) is 5.12. The van der Waals surface area contributed by atoms with Crippen molar-refractivity contribution < 1.29 is 9.18 Å². The monoisotopic (exact) mass is 343 g/mol. The maximum Gasteiger partial charge on any atom is 0.173 e. The van der Waals surface area contributed by atoms with Gasteiger partial charge in [0.2, 0.25) is 0 Å². The number of Topliss-reactive ketones (excluding diaryl/α,β-unsaturated/α-hetero) is 1. The molecule has 4 fully saturated rings. The van der Waals surface area contributed by atoms with E-state index in [4.69, 9.17) is 0 Å². The molecule has 126 valence electrons. The van der Waals surface area contributed by atoms with E-state index in [1.54, 1.807) is 13.0 Å². The molecule has 24 heavy (non-hydrogen) atoms. The van der Waals surface area contributed by atoms with Gasteiger partial charge < -0.3 is 0 Å². The molecule has 1 aromatic heterocycles. The molecule has 4 aliphatic rings. The number of carbonyl (C=O) groups is 1. The molecule has 3 saturated heterocycles. The number of halogens is 1. The van der Waals surface area contributed by atoms with Gasteiger partial charge in [-0.05, 0) is 74.5 Å². The molecule has 1 atom stereocenters. The highest BCUT2D eigenvalue weighted by molar-refractivity contribution is 7.20. The Balaban J connectivity index is 1.44. The summed E-state index contributed by atoms with van der Waals surface area (Å²) in [5, 5.41) is 0.863. The molecule has 2 nitrogen and oxygen atoms in total. The smallest absolute Gasteiger partial charge is 0.173 e. The fourth-order valence-electron chi connectivity index (χ4n) is 5.20. The van der Waals surface area contributed by atoms with Crippen LogP contribution in [0.5, 0.6) is 0 Å². The standard InChI is InChI=1S/C20H22FNOS/c1-12-2-3-14-10-17(24-19(14)18(12)21)16(23)11-15-13-4-8-22(9-5-13)20(15)6-7-20/h2-3,10,13,15H,4-9,11H2,1H3/t15-/m1/s1. The lowest BCUT2D eigenvalue weighted by atomic mass is 9.70. The molecule has 2 aromatic rings. The maximum absolute atomic E-state index is 14.3. The van der Waals surface area contributed by atoms with Gasteiger partial charge in [-0.3, -0.25) is 9.69 Å². The summed E-state index contributed by atoms with van der Waals surface area (Å²) in [5.74, 6) is 1.29. The second-order valence-corrected chi connectivity index (χ2v) is 8.94. The van der Waals surface area contributed by atoms with Crippen LogP contribution < -0.4 is 0 Å². The third-order valence-electron chi connectivity index (χ3n) is 6.69. The van der Waals surface area contributed by atoms with E-state index < -0.39 is 0 Å². The van der Waals surface area contributed by atoms with Crippen LogP contribution in [0.1, 0.15) is 47.3 Å². The molecule has 3 aliphatic heterocycles. The van der Waals surface area contributed by atoms with Gasteiger partial charge in [0.05, 0.1) is 9.58 Å². The minimum Gasteiger partial charge on any atom is -0.297 e. The van der Waals surface area contributed by atoms with E-state index in [2.05, 4.69) is 4.90 Å². The molecule has 0 unspecified atom stereocenters. The molecule has 2 bridgehead atoms. The molecule has 4 heterocycles. The average Bonchev–Trinajstić information content (AvgIpc) is 3.24. The highest BCUT2D eigenvalue weighted by Gasteiger charge is 2.60. The molecular weight excluding hydrogens is 321 g/mol. The van der Waals surface area contributed by atoms with Crippen molar-refractivity contribution in [3.8, 4) is 0 Å². The third-order valence-corrected chi connectivity index (χ3v) is 7.87. The summed E-state index contributed by atoms with van der Waals surface area (Å²) in [6.45, 7) is 4.23. The van der Waals surface area contributed by atoms with Crippen LogP contribution in [-0.4, -0.2) is 29.3 Å². The second-order valence-electron chi connectivity index (χ2n) is 7.89. The van der Waals surface area contributed by atoms with Crippen molar-refractivity contribution in [2.75, 3.05) is 13.1 Å². The summed E-state index contributed by atoms with van der Waals surface area (Å²) in [6, 6.07) is 5.62. The molecule has 0 radical (unpaired) electrons. The first-order chi connectivity index (χ1) is 11.6. The van der Waals surface area contributed by atoms with E-state index in [0.717, 1.165) is 16.2 Å². The van der Waals surface area contributed by atoms with Gasteiger partial charge in [-0.1, -0.05) is 12.1 Å². The number of aryl methyl sites for hydroxylation is 1. The quantitative estimate of drug-likeness (QED) is 0.747. The first-order valence-corrected chi connectivity index (χ1v) is 9.87. The Hall–Kier alpha value is -1.26. The SMILES string of the molecule is Cc1ccc2cc(C(=O)C[C@@H]3C4CCN(CC4)C34CC4)sc2c1F. The van der Waals surface area contributed by atoms with Crippen molar-refractivity contribution in [3.05, 3.63) is 34.5 Å². The van der Waals surface area contributed by atoms with E-state index in [1.807, 2.05) is 12.1 Å². The Morgan fingerprint density at radius 2 is 2.08 bits per heavy atom. The summed E-state index contributed by atoms with van der Waals surface area (Å²) in [4.78, 5) is 16.3. The van der Waals surface area contributed by atoms with Gasteiger partial charge in [-0.15, -0.1) is 11.3 Å². The van der Waals surface area contributed by atoms with Crippen LogP contribution in [-0.2, 0) is 0 Å². The van der Waals surface area contributed by atoms with Crippen molar-refractivity contribution in [1.29, 1.82) is 0 Å². The lowest BCUT2D eigenvalue weighted by molar-refractivity contribution is -0.0273. The number of piperidine rings is 3. The Morgan fingerprint density at radius 1 is 1.33 bits per heavy atom. The zero-order chi connectivity index (χ0) is 16.5. The minimum atomic E-state index is -0.168. The van der Waals surface area contributed by atoms with Crippen molar-refractivity contribution >= 4 is 27.2 Å². The summed E-state index contributed by atoms with van der Waals surface area (Å²) >= 11 is 1.34. The van der Waals surface area contributed by atoms with Gasteiger partial charge in [-0.25, -0.2) is 4.39 Å². The lowest BCUT2D eigenvalue weighted by Crippen LogP contribution is -2.57. The van der Waals surface area contributed by atoms with Crippen LogP contribution >= 0.6 is 11.3 Å². The van der Waals surface area contributed by atoms with Crippen LogP contribution in [0.4, 0.5) is 4.39 Å². The van der Waals surface area contributed by atoms with Crippen molar-refractivity contribution in [2.24, 2.45) is 11.8 Å². The third kappa shape index (κ3) is 2.05. The molecule has 4 heteroatoms. The largest absolute Gasteiger partial charge is 0.297 e. The van der Waals surface area contributed by atoms with Crippen molar-refractivity contribution in [1.82, 2.24) is 4.90 Å². The van der Waals surface area contributed by atoms with Crippen LogP contribution in [0, 0.1) is 24.6 Å². The summed E-state index contributed by atoms with van der Waals surface area (Å²) in [7, 11) is 0. The number of fused-ring (bicyclic) bond motifs is 3. The van der Waals surface area contributed by atoms with Crippen molar-refractivity contribution in [3.63, 3.8) is 0 Å². The van der Waals surface area contributed by atoms with Crippen LogP contribution in [0.3, 0.4) is 0 Å². The number of hydrogen-bond donors (Lipinski definition) is 0. The number of benzene rings is 1. The van der Waals surface area contributed by atoms with E-state index in [1.165, 1.54) is 50.1 Å². The topological polar surface area (TPSA) is 20.3 Å². The lowest BCUT2D eigenvalue weighted by Gasteiger charge is -2.52. The Kier molecular flexibility index (Phi) is 3.21. The fourth-order valence-corrected chi connectivity index (χ4v) is 6.30. The molecule has 6 rings (SSSR count). The molecule has 0 amide bonds. The minimum absolute atomic E-state index is 0.168. The van der Waals surface area contributed by atoms with Gasteiger partial charge >= 0.3 is 0 Å². The molecule has 1 saturated carbocycles. The molecule has 1 spiro atoms. The highest BCUT2D eigenvalue weighted by atomic mass is 32.1. The van der Waals surface area contributed by atoms with E-state index in [0.29, 0.717) is 28.1 Å². The van der Waals surface area contributed by atoms with Crippen LogP contribution in [0.15, 0.2) is 18.2 Å². The normalized spacial score (nSPS) is 30.2. The van der Waals surface area contributed by atoms with Gasteiger partial charge in [0.1, 0.15) is 5.82 Å². The highest BCUT2D eigenvalue weighted by Crippen LogP contribution is 2.58.